The summed E-state index contributed by atoms with van der Waals surface area (Å²) in [4.78, 5) is 11.1. The number of carbonyl (C=O) groups is 1. The van der Waals surface area contributed by atoms with Crippen molar-refractivity contribution in [2.75, 3.05) is 5.32 Å². The van der Waals surface area contributed by atoms with E-state index in [2.05, 4.69) is 5.32 Å². The first-order valence-electron chi connectivity index (χ1n) is 6.46. The molecule has 0 unspecified atom stereocenters. The van der Waals surface area contributed by atoms with Gasteiger partial charge in [0.05, 0.1) is 11.3 Å². The molecular weight excluding hydrogens is 257 g/mol. The molecule has 0 aliphatic heterocycles. The summed E-state index contributed by atoms with van der Waals surface area (Å²) in [6.45, 7) is 2.44. The third-order valence-corrected chi connectivity index (χ3v) is 3.20. The maximum Gasteiger partial charge on any atom is 0.337 e. The summed E-state index contributed by atoms with van der Waals surface area (Å²) in [6.07, 6.45) is 0.876. The van der Waals surface area contributed by atoms with Gasteiger partial charge in [0.2, 0.25) is 0 Å². The van der Waals surface area contributed by atoms with Crippen LogP contribution in [0.15, 0.2) is 42.5 Å². The summed E-state index contributed by atoms with van der Waals surface area (Å²) >= 11 is 0. The monoisotopic (exact) mass is 273 g/mol. The van der Waals surface area contributed by atoms with Gasteiger partial charge in [0.15, 0.2) is 0 Å². The zero-order valence-electron chi connectivity index (χ0n) is 11.2. The van der Waals surface area contributed by atoms with Gasteiger partial charge in [0.25, 0.3) is 0 Å². The van der Waals surface area contributed by atoms with Crippen LogP contribution in [-0.2, 0) is 13.0 Å². The highest BCUT2D eigenvalue weighted by Gasteiger charge is 2.14. The fourth-order valence-electron chi connectivity index (χ4n) is 2.14. The average molecular weight is 273 g/mol. The van der Waals surface area contributed by atoms with Crippen molar-refractivity contribution in [3.05, 3.63) is 65.0 Å². The summed E-state index contributed by atoms with van der Waals surface area (Å²) < 4.78 is 13.8. The lowest BCUT2D eigenvalue weighted by Gasteiger charge is -2.13. The van der Waals surface area contributed by atoms with Crippen LogP contribution < -0.4 is 5.32 Å². The number of anilines is 1. The molecule has 0 saturated carbocycles. The predicted molar refractivity (Wildman–Crippen MR) is 76.5 cm³/mol. The van der Waals surface area contributed by atoms with E-state index in [1.54, 1.807) is 0 Å². The lowest BCUT2D eigenvalue weighted by molar-refractivity contribution is 0.0697. The second-order valence-corrected chi connectivity index (χ2v) is 4.44. The van der Waals surface area contributed by atoms with Crippen molar-refractivity contribution < 1.29 is 14.3 Å². The van der Waals surface area contributed by atoms with Crippen LogP contribution in [0.5, 0.6) is 0 Å². The van der Waals surface area contributed by atoms with Crippen molar-refractivity contribution >= 4 is 11.7 Å². The van der Waals surface area contributed by atoms with Gasteiger partial charge in [-0.15, -0.1) is 0 Å². The Labute approximate surface area is 117 Å². The predicted octanol–water partition coefficient (Wildman–Crippen LogP) is 3.70. The summed E-state index contributed by atoms with van der Waals surface area (Å²) in [7, 11) is 0. The van der Waals surface area contributed by atoms with E-state index in [9.17, 15) is 9.18 Å². The van der Waals surface area contributed by atoms with Gasteiger partial charge in [0, 0.05) is 6.54 Å². The zero-order valence-corrected chi connectivity index (χ0v) is 11.2. The highest BCUT2D eigenvalue weighted by atomic mass is 19.1. The number of nitrogens with one attached hydrogen (secondary N) is 1. The molecule has 0 saturated heterocycles. The minimum Gasteiger partial charge on any atom is -0.478 e. The summed E-state index contributed by atoms with van der Waals surface area (Å²) in [5.41, 5.74) is 2.17. The Morgan fingerprint density at radius 2 is 1.85 bits per heavy atom. The van der Waals surface area contributed by atoms with Crippen LogP contribution in [-0.4, -0.2) is 11.1 Å². The molecule has 0 spiro atoms. The van der Waals surface area contributed by atoms with Gasteiger partial charge in [-0.25, -0.2) is 9.18 Å². The Morgan fingerprint density at radius 3 is 2.50 bits per heavy atom. The largest absolute Gasteiger partial charge is 0.478 e. The number of carboxylic acid groups (broad SMARTS) is 1. The fraction of sp³-hybridized carbons (Fsp3) is 0.188. The molecule has 0 amide bonds. The molecule has 20 heavy (non-hydrogen) atoms. The van der Waals surface area contributed by atoms with Crippen LogP contribution in [0.1, 0.15) is 28.4 Å². The molecule has 104 valence electrons. The molecule has 2 N–H and O–H groups in total. The van der Waals surface area contributed by atoms with Crippen molar-refractivity contribution in [2.45, 2.75) is 19.9 Å². The number of hydrogen-bond donors (Lipinski definition) is 2. The number of carboxylic acids is 1. The Hall–Kier alpha value is -2.36. The fourth-order valence-corrected chi connectivity index (χ4v) is 2.14. The molecule has 2 aromatic rings. The second-order valence-electron chi connectivity index (χ2n) is 4.44. The Bertz CT molecular complexity index is 626. The maximum absolute atomic E-state index is 13.8. The number of halogens is 1. The molecule has 0 radical (unpaired) electrons. The molecule has 0 aromatic heterocycles. The van der Waals surface area contributed by atoms with Crippen molar-refractivity contribution in [3.8, 4) is 0 Å². The minimum atomic E-state index is -1.14. The summed E-state index contributed by atoms with van der Waals surface area (Å²) in [5, 5.41) is 12.0. The minimum absolute atomic E-state index is 0.0332. The lowest BCUT2D eigenvalue weighted by atomic mass is 10.0. The Kier molecular flexibility index (Phi) is 4.35. The van der Waals surface area contributed by atoms with E-state index >= 15 is 0 Å². The number of aryl methyl sites for hydroxylation is 1. The third kappa shape index (κ3) is 2.96. The van der Waals surface area contributed by atoms with Crippen molar-refractivity contribution in [1.29, 1.82) is 0 Å². The van der Waals surface area contributed by atoms with Crippen LogP contribution in [0.25, 0.3) is 0 Å². The van der Waals surface area contributed by atoms with Crippen LogP contribution in [0.3, 0.4) is 0 Å². The van der Waals surface area contributed by atoms with E-state index in [0.717, 1.165) is 17.5 Å². The number of aromatic carboxylic acids is 1. The first-order valence-corrected chi connectivity index (χ1v) is 6.46. The molecule has 4 heteroatoms. The van der Waals surface area contributed by atoms with E-state index in [0.29, 0.717) is 6.54 Å². The van der Waals surface area contributed by atoms with Gasteiger partial charge < -0.3 is 10.4 Å². The SMILES string of the molecule is CCc1ccccc1CNc1c(F)cccc1C(=O)O. The smallest absolute Gasteiger partial charge is 0.337 e. The van der Waals surface area contributed by atoms with Crippen molar-refractivity contribution in [1.82, 2.24) is 0 Å². The van der Waals surface area contributed by atoms with Crippen molar-refractivity contribution in [3.63, 3.8) is 0 Å². The second kappa shape index (κ2) is 6.19. The van der Waals surface area contributed by atoms with Gasteiger partial charge in [-0.3, -0.25) is 0 Å². The molecule has 0 aliphatic carbocycles. The van der Waals surface area contributed by atoms with E-state index < -0.39 is 11.8 Å². The van der Waals surface area contributed by atoms with Crippen LogP contribution in [0.4, 0.5) is 10.1 Å². The molecule has 0 heterocycles. The molecule has 0 aliphatic rings. The molecular formula is C16H16FNO2. The van der Waals surface area contributed by atoms with Crippen molar-refractivity contribution in [2.24, 2.45) is 0 Å². The van der Waals surface area contributed by atoms with Gasteiger partial charge in [-0.1, -0.05) is 37.3 Å². The van der Waals surface area contributed by atoms with Crippen LogP contribution in [0, 0.1) is 5.82 Å². The molecule has 0 atom stereocenters. The Morgan fingerprint density at radius 1 is 1.15 bits per heavy atom. The quantitative estimate of drug-likeness (QED) is 0.873. The lowest BCUT2D eigenvalue weighted by Crippen LogP contribution is -2.09. The number of para-hydroxylation sites is 1. The Balaban J connectivity index is 2.25. The zero-order chi connectivity index (χ0) is 14.5. The third-order valence-electron chi connectivity index (χ3n) is 3.20. The number of rotatable bonds is 5. The molecule has 2 rings (SSSR count). The first-order chi connectivity index (χ1) is 9.63. The maximum atomic E-state index is 13.8. The van der Waals surface area contributed by atoms with E-state index in [4.69, 9.17) is 5.11 Å². The number of benzene rings is 2. The van der Waals surface area contributed by atoms with Gasteiger partial charge in [0.1, 0.15) is 5.82 Å². The van der Waals surface area contributed by atoms with Gasteiger partial charge in [-0.2, -0.15) is 0 Å². The average Bonchev–Trinajstić information content (AvgIpc) is 2.46. The normalized spacial score (nSPS) is 10.3. The van der Waals surface area contributed by atoms with E-state index in [1.165, 1.54) is 18.2 Å². The highest BCUT2D eigenvalue weighted by Crippen LogP contribution is 2.21. The van der Waals surface area contributed by atoms with Crippen LogP contribution >= 0.6 is 0 Å². The molecule has 2 aromatic carbocycles. The van der Waals surface area contributed by atoms with E-state index in [1.807, 2.05) is 31.2 Å². The number of hydrogen-bond acceptors (Lipinski definition) is 2. The van der Waals surface area contributed by atoms with Gasteiger partial charge in [-0.05, 0) is 29.7 Å². The molecule has 3 nitrogen and oxygen atoms in total. The topological polar surface area (TPSA) is 49.3 Å². The van der Waals surface area contributed by atoms with Gasteiger partial charge >= 0.3 is 5.97 Å². The first kappa shape index (κ1) is 14.1. The van der Waals surface area contributed by atoms with Crippen LogP contribution in [0.2, 0.25) is 0 Å². The molecule has 0 fully saturated rings. The summed E-state index contributed by atoms with van der Waals surface area (Å²) in [6, 6.07) is 11.9. The molecule has 0 bridgehead atoms. The summed E-state index contributed by atoms with van der Waals surface area (Å²) in [5.74, 6) is -1.70. The van der Waals surface area contributed by atoms with E-state index in [-0.39, 0.29) is 11.3 Å². The standard InChI is InChI=1S/C16H16FNO2/c1-2-11-6-3-4-7-12(11)10-18-15-13(16(19)20)8-5-9-14(15)17/h3-9,18H,2,10H2,1H3,(H,19,20). The highest BCUT2D eigenvalue weighted by molar-refractivity contribution is 5.94.